The molecule has 3 N–H and O–H groups in total. The molecule has 0 saturated heterocycles. The lowest BCUT2D eigenvalue weighted by Crippen LogP contribution is -2.30. The lowest BCUT2D eigenvalue weighted by Gasteiger charge is -2.05. The van der Waals surface area contributed by atoms with Gasteiger partial charge in [-0.3, -0.25) is 10.1 Å². The minimum Gasteiger partial charge on any atom is -0.478 e. The molecule has 23 heavy (non-hydrogen) atoms. The van der Waals surface area contributed by atoms with Crippen molar-refractivity contribution in [2.24, 2.45) is 4.99 Å². The number of benzene rings is 2. The van der Waals surface area contributed by atoms with E-state index in [1.807, 2.05) is 30.3 Å². The van der Waals surface area contributed by atoms with Gasteiger partial charge in [0, 0.05) is 5.69 Å². The highest BCUT2D eigenvalue weighted by molar-refractivity contribution is 6.17. The zero-order chi connectivity index (χ0) is 16.2. The van der Waals surface area contributed by atoms with Crippen LogP contribution in [0.4, 0.5) is 5.69 Å². The summed E-state index contributed by atoms with van der Waals surface area (Å²) < 4.78 is 0. The van der Waals surface area contributed by atoms with E-state index in [9.17, 15) is 9.59 Å². The third kappa shape index (κ3) is 3.44. The Morgan fingerprint density at radius 1 is 1.13 bits per heavy atom. The predicted octanol–water partition coefficient (Wildman–Crippen LogP) is 2.32. The number of amides is 1. The van der Waals surface area contributed by atoms with Gasteiger partial charge in [0.25, 0.3) is 5.91 Å². The molecule has 0 spiro atoms. The number of carbonyl (C=O) groups is 2. The number of carboxylic acid groups (broad SMARTS) is 1. The zero-order valence-electron chi connectivity index (χ0n) is 12.0. The third-order valence-electron chi connectivity index (χ3n) is 3.17. The fourth-order valence-corrected chi connectivity index (χ4v) is 2.10. The molecular weight excluding hydrogens is 294 g/mol. The lowest BCUT2D eigenvalue weighted by molar-refractivity contribution is -0.115. The Hall–Kier alpha value is -3.41. The topological polar surface area (TPSA) is 90.8 Å². The molecule has 1 aliphatic rings. The van der Waals surface area contributed by atoms with Crippen LogP contribution in [0.25, 0.3) is 6.08 Å². The van der Waals surface area contributed by atoms with Gasteiger partial charge in [-0.05, 0) is 29.8 Å². The number of anilines is 1. The number of guanidine groups is 1. The van der Waals surface area contributed by atoms with Gasteiger partial charge >= 0.3 is 5.97 Å². The molecule has 0 aromatic heterocycles. The Kier molecular flexibility index (Phi) is 3.88. The summed E-state index contributed by atoms with van der Waals surface area (Å²) in [6, 6.07) is 15.7. The van der Waals surface area contributed by atoms with E-state index >= 15 is 0 Å². The van der Waals surface area contributed by atoms with Gasteiger partial charge in [-0.25, -0.2) is 9.79 Å². The largest absolute Gasteiger partial charge is 0.478 e. The van der Waals surface area contributed by atoms with E-state index in [0.717, 1.165) is 5.56 Å². The van der Waals surface area contributed by atoms with Crippen LogP contribution in [0, 0.1) is 0 Å². The number of rotatable bonds is 3. The normalized spacial score (nSPS) is 15.2. The van der Waals surface area contributed by atoms with Crippen molar-refractivity contribution in [3.05, 3.63) is 71.4 Å². The van der Waals surface area contributed by atoms with Crippen molar-refractivity contribution in [3.63, 3.8) is 0 Å². The Balaban J connectivity index is 1.81. The van der Waals surface area contributed by atoms with Gasteiger partial charge in [0.2, 0.25) is 5.96 Å². The van der Waals surface area contributed by atoms with Gasteiger partial charge in [-0.1, -0.05) is 36.4 Å². The summed E-state index contributed by atoms with van der Waals surface area (Å²) in [5.41, 5.74) is 1.84. The second kappa shape index (κ2) is 6.15. The van der Waals surface area contributed by atoms with E-state index in [2.05, 4.69) is 15.6 Å². The molecule has 0 fully saturated rings. The summed E-state index contributed by atoms with van der Waals surface area (Å²) >= 11 is 0. The smallest absolute Gasteiger partial charge is 0.335 e. The molecule has 0 radical (unpaired) electrons. The molecule has 2 aromatic carbocycles. The van der Waals surface area contributed by atoms with Crippen LogP contribution in [-0.2, 0) is 4.79 Å². The van der Waals surface area contributed by atoms with E-state index in [4.69, 9.17) is 5.11 Å². The SMILES string of the molecule is O=C1NC(Nc2cccc(C(=O)O)c2)=NC1=Cc1ccccc1. The summed E-state index contributed by atoms with van der Waals surface area (Å²) in [6.45, 7) is 0. The Morgan fingerprint density at radius 2 is 1.91 bits per heavy atom. The van der Waals surface area contributed by atoms with E-state index in [1.165, 1.54) is 12.1 Å². The molecule has 6 nitrogen and oxygen atoms in total. The number of carboxylic acids is 1. The van der Waals surface area contributed by atoms with Crippen LogP contribution in [0.3, 0.4) is 0 Å². The molecule has 2 aromatic rings. The van der Waals surface area contributed by atoms with E-state index in [0.29, 0.717) is 5.69 Å². The molecule has 1 heterocycles. The first-order valence-electron chi connectivity index (χ1n) is 6.89. The maximum atomic E-state index is 11.9. The van der Waals surface area contributed by atoms with Crippen LogP contribution in [-0.4, -0.2) is 22.9 Å². The maximum Gasteiger partial charge on any atom is 0.335 e. The van der Waals surface area contributed by atoms with Crippen LogP contribution >= 0.6 is 0 Å². The zero-order valence-corrected chi connectivity index (χ0v) is 12.0. The molecule has 0 atom stereocenters. The average molecular weight is 307 g/mol. The second-order valence-electron chi connectivity index (χ2n) is 4.87. The van der Waals surface area contributed by atoms with Crippen molar-refractivity contribution in [2.75, 3.05) is 5.32 Å². The van der Waals surface area contributed by atoms with Crippen molar-refractivity contribution in [1.29, 1.82) is 0 Å². The average Bonchev–Trinajstić information content (AvgIpc) is 2.88. The van der Waals surface area contributed by atoms with Gasteiger partial charge in [0.1, 0.15) is 5.70 Å². The summed E-state index contributed by atoms with van der Waals surface area (Å²) in [5.74, 6) is -1.07. The molecule has 0 unspecified atom stereocenters. The number of hydrogen-bond acceptors (Lipinski definition) is 4. The number of hydrogen-bond donors (Lipinski definition) is 3. The summed E-state index contributed by atoms with van der Waals surface area (Å²) in [6.07, 6.45) is 1.68. The molecule has 3 rings (SSSR count). The van der Waals surface area contributed by atoms with Crippen LogP contribution in [0.5, 0.6) is 0 Å². The summed E-state index contributed by atoms with van der Waals surface area (Å²) in [7, 11) is 0. The fraction of sp³-hybridized carbons (Fsp3) is 0. The molecule has 0 saturated carbocycles. The molecule has 1 aliphatic heterocycles. The Morgan fingerprint density at radius 3 is 2.65 bits per heavy atom. The van der Waals surface area contributed by atoms with E-state index in [1.54, 1.807) is 18.2 Å². The van der Waals surface area contributed by atoms with Gasteiger partial charge in [-0.2, -0.15) is 0 Å². The first-order valence-corrected chi connectivity index (χ1v) is 6.89. The van der Waals surface area contributed by atoms with Gasteiger partial charge in [-0.15, -0.1) is 0 Å². The lowest BCUT2D eigenvalue weighted by atomic mass is 10.2. The molecule has 1 amide bonds. The van der Waals surface area contributed by atoms with Crippen molar-refractivity contribution in [2.45, 2.75) is 0 Å². The standard InChI is InChI=1S/C17H13N3O3/c21-15-14(9-11-5-2-1-3-6-11)19-17(20-15)18-13-8-4-7-12(10-13)16(22)23/h1-10H,(H,22,23)(H2,18,19,20,21). The molecule has 0 bridgehead atoms. The second-order valence-corrected chi connectivity index (χ2v) is 4.87. The minimum absolute atomic E-state index is 0.153. The van der Waals surface area contributed by atoms with Crippen LogP contribution in [0.15, 0.2) is 65.3 Å². The Labute approximate surface area is 132 Å². The molecule has 6 heteroatoms. The van der Waals surface area contributed by atoms with Gasteiger partial charge in [0.05, 0.1) is 5.56 Å². The van der Waals surface area contributed by atoms with Crippen LogP contribution < -0.4 is 10.6 Å². The van der Waals surface area contributed by atoms with E-state index < -0.39 is 5.97 Å². The highest BCUT2D eigenvalue weighted by Gasteiger charge is 2.20. The first kappa shape index (κ1) is 14.5. The first-order chi connectivity index (χ1) is 11.1. The predicted molar refractivity (Wildman–Crippen MR) is 87.0 cm³/mol. The quantitative estimate of drug-likeness (QED) is 0.759. The fourth-order valence-electron chi connectivity index (χ4n) is 2.10. The number of nitrogens with one attached hydrogen (secondary N) is 2. The van der Waals surface area contributed by atoms with Crippen LogP contribution in [0.1, 0.15) is 15.9 Å². The molecule has 0 aliphatic carbocycles. The summed E-state index contributed by atoms with van der Waals surface area (Å²) in [5, 5.41) is 14.5. The van der Waals surface area contributed by atoms with Gasteiger partial charge in [0.15, 0.2) is 0 Å². The van der Waals surface area contributed by atoms with Crippen molar-refractivity contribution < 1.29 is 14.7 Å². The number of nitrogens with zero attached hydrogens (tertiary/aromatic N) is 1. The Bertz CT molecular complexity index is 826. The van der Waals surface area contributed by atoms with Crippen LogP contribution in [0.2, 0.25) is 0 Å². The number of aromatic carboxylic acids is 1. The molecular formula is C17H13N3O3. The van der Waals surface area contributed by atoms with Crippen molar-refractivity contribution >= 4 is 29.6 Å². The monoisotopic (exact) mass is 307 g/mol. The summed E-state index contributed by atoms with van der Waals surface area (Å²) in [4.78, 5) is 27.1. The minimum atomic E-state index is -1.02. The number of carbonyl (C=O) groups excluding carboxylic acids is 1. The highest BCUT2D eigenvalue weighted by Crippen LogP contribution is 2.15. The number of aliphatic imine (C=N–C) groups is 1. The van der Waals surface area contributed by atoms with E-state index in [-0.39, 0.29) is 23.1 Å². The maximum absolute atomic E-state index is 11.9. The molecule has 114 valence electrons. The van der Waals surface area contributed by atoms with Crippen molar-refractivity contribution in [1.82, 2.24) is 5.32 Å². The van der Waals surface area contributed by atoms with Crippen molar-refractivity contribution in [3.8, 4) is 0 Å². The highest BCUT2D eigenvalue weighted by atomic mass is 16.4. The third-order valence-corrected chi connectivity index (χ3v) is 3.17. The van der Waals surface area contributed by atoms with Gasteiger partial charge < -0.3 is 10.4 Å².